The van der Waals surface area contributed by atoms with Gasteiger partial charge in [0, 0.05) is 6.42 Å². The molecule has 4 nitrogen and oxygen atoms in total. The zero-order valence-corrected chi connectivity index (χ0v) is 14.8. The number of rotatable bonds is 9. The Kier molecular flexibility index (Phi) is 7.20. The molecule has 0 fully saturated rings. The summed E-state index contributed by atoms with van der Waals surface area (Å²) in [7, 11) is 0. The zero-order valence-electron chi connectivity index (χ0n) is 14.8. The van der Waals surface area contributed by atoms with Gasteiger partial charge in [-0.1, -0.05) is 42.5 Å². The van der Waals surface area contributed by atoms with E-state index in [9.17, 15) is 9.59 Å². The lowest BCUT2D eigenvalue weighted by molar-refractivity contribution is -0.154. The van der Waals surface area contributed by atoms with Crippen molar-refractivity contribution in [1.29, 1.82) is 0 Å². The number of Topliss-reactive ketones (excluding diaryl/α,β-unsaturated/α-hetero) is 1. The summed E-state index contributed by atoms with van der Waals surface area (Å²) in [4.78, 5) is 23.5. The van der Waals surface area contributed by atoms with E-state index >= 15 is 0 Å². The molecule has 0 unspecified atom stereocenters. The fourth-order valence-electron chi connectivity index (χ4n) is 2.34. The minimum Gasteiger partial charge on any atom is -0.493 e. The first-order valence-electron chi connectivity index (χ1n) is 8.50. The standard InChI is InChI=1S/C21H24O4/c1-16-11-12-17(2)20(14-16)24-13-7-6-10-19(22)21(23)25-15-18-8-4-3-5-9-18/h3-5,8-9,11-12,14H,6-7,10,13,15H2,1-2H3. The quantitative estimate of drug-likeness (QED) is 0.391. The van der Waals surface area contributed by atoms with Crippen LogP contribution in [0.1, 0.15) is 36.0 Å². The number of aryl methyl sites for hydroxylation is 2. The Hall–Kier alpha value is -2.62. The second-order valence-corrected chi connectivity index (χ2v) is 6.06. The number of carbonyl (C=O) groups excluding carboxylic acids is 2. The van der Waals surface area contributed by atoms with Crippen LogP contribution >= 0.6 is 0 Å². The van der Waals surface area contributed by atoms with Gasteiger partial charge in [-0.15, -0.1) is 0 Å². The maximum absolute atomic E-state index is 11.8. The number of carbonyl (C=O) groups is 2. The van der Waals surface area contributed by atoms with Crippen LogP contribution < -0.4 is 4.74 Å². The average Bonchev–Trinajstić information content (AvgIpc) is 2.62. The number of ketones is 1. The number of unbranched alkanes of at least 4 members (excludes halogenated alkanes) is 1. The summed E-state index contributed by atoms with van der Waals surface area (Å²) in [6, 6.07) is 15.4. The van der Waals surface area contributed by atoms with E-state index < -0.39 is 11.8 Å². The Bertz CT molecular complexity index is 707. The molecule has 0 aliphatic rings. The van der Waals surface area contributed by atoms with Crippen molar-refractivity contribution < 1.29 is 19.1 Å². The third kappa shape index (κ3) is 6.42. The van der Waals surface area contributed by atoms with Crippen LogP contribution in [0.25, 0.3) is 0 Å². The molecular formula is C21H24O4. The van der Waals surface area contributed by atoms with Gasteiger partial charge in [0.1, 0.15) is 12.4 Å². The molecule has 0 aliphatic heterocycles. The third-order valence-electron chi connectivity index (χ3n) is 3.84. The molecule has 2 aromatic rings. The molecule has 0 aliphatic carbocycles. The second kappa shape index (κ2) is 9.62. The molecule has 4 heteroatoms. The number of hydrogen-bond acceptors (Lipinski definition) is 4. The molecule has 25 heavy (non-hydrogen) atoms. The Morgan fingerprint density at radius 2 is 1.72 bits per heavy atom. The van der Waals surface area contributed by atoms with Gasteiger partial charge in [-0.2, -0.15) is 0 Å². The van der Waals surface area contributed by atoms with Gasteiger partial charge in [0.15, 0.2) is 0 Å². The van der Waals surface area contributed by atoms with Crippen LogP contribution in [0, 0.1) is 13.8 Å². The SMILES string of the molecule is Cc1ccc(C)c(OCCCCC(=O)C(=O)OCc2ccccc2)c1. The molecule has 0 N–H and O–H groups in total. The minimum atomic E-state index is -0.765. The van der Waals surface area contributed by atoms with E-state index in [1.807, 2.05) is 62.4 Å². The number of ether oxygens (including phenoxy) is 2. The van der Waals surface area contributed by atoms with E-state index in [0.717, 1.165) is 22.4 Å². The summed E-state index contributed by atoms with van der Waals surface area (Å²) in [6.45, 7) is 4.67. The zero-order chi connectivity index (χ0) is 18.1. The number of hydrogen-bond donors (Lipinski definition) is 0. The maximum atomic E-state index is 11.8. The third-order valence-corrected chi connectivity index (χ3v) is 3.84. The average molecular weight is 340 g/mol. The van der Waals surface area contributed by atoms with Crippen LogP contribution in [0.4, 0.5) is 0 Å². The Morgan fingerprint density at radius 3 is 2.48 bits per heavy atom. The molecular weight excluding hydrogens is 316 g/mol. The predicted octanol–water partition coefficient (Wildman–Crippen LogP) is 4.17. The van der Waals surface area contributed by atoms with Crippen LogP contribution in [0.5, 0.6) is 5.75 Å². The first-order chi connectivity index (χ1) is 12.1. The molecule has 2 rings (SSSR count). The number of benzene rings is 2. The molecule has 0 spiro atoms. The lowest BCUT2D eigenvalue weighted by Gasteiger charge is -2.09. The van der Waals surface area contributed by atoms with Crippen molar-refractivity contribution in [1.82, 2.24) is 0 Å². The van der Waals surface area contributed by atoms with E-state index in [1.54, 1.807) is 0 Å². The summed E-state index contributed by atoms with van der Waals surface area (Å²) in [5, 5.41) is 0. The highest BCUT2D eigenvalue weighted by Gasteiger charge is 2.14. The van der Waals surface area contributed by atoms with Crippen molar-refractivity contribution in [3.8, 4) is 5.75 Å². The van der Waals surface area contributed by atoms with Crippen molar-refractivity contribution in [3.05, 3.63) is 65.2 Å². The van der Waals surface area contributed by atoms with E-state index in [1.165, 1.54) is 0 Å². The van der Waals surface area contributed by atoms with Crippen LogP contribution in [0.3, 0.4) is 0 Å². The van der Waals surface area contributed by atoms with Crippen molar-refractivity contribution in [2.75, 3.05) is 6.61 Å². The predicted molar refractivity (Wildman–Crippen MR) is 96.5 cm³/mol. The van der Waals surface area contributed by atoms with Crippen LogP contribution in [-0.2, 0) is 20.9 Å². The van der Waals surface area contributed by atoms with Gasteiger partial charge in [0.05, 0.1) is 6.61 Å². The van der Waals surface area contributed by atoms with Crippen LogP contribution in [0.15, 0.2) is 48.5 Å². The molecule has 0 radical (unpaired) electrons. The molecule has 0 bridgehead atoms. The molecule has 2 aromatic carbocycles. The topological polar surface area (TPSA) is 52.6 Å². The Labute approximate surface area is 148 Å². The first kappa shape index (κ1) is 18.7. The smallest absolute Gasteiger partial charge is 0.374 e. The summed E-state index contributed by atoms with van der Waals surface area (Å²) in [6.07, 6.45) is 1.50. The largest absolute Gasteiger partial charge is 0.493 e. The summed E-state index contributed by atoms with van der Waals surface area (Å²) < 4.78 is 10.8. The molecule has 0 saturated carbocycles. The van der Waals surface area contributed by atoms with Gasteiger partial charge < -0.3 is 9.47 Å². The lowest BCUT2D eigenvalue weighted by atomic mass is 10.1. The monoisotopic (exact) mass is 340 g/mol. The van der Waals surface area contributed by atoms with E-state index in [-0.39, 0.29) is 13.0 Å². The van der Waals surface area contributed by atoms with Crippen molar-refractivity contribution in [2.45, 2.75) is 39.7 Å². The van der Waals surface area contributed by atoms with Gasteiger partial charge in [0.25, 0.3) is 0 Å². The van der Waals surface area contributed by atoms with E-state index in [0.29, 0.717) is 19.4 Å². The Morgan fingerprint density at radius 1 is 0.960 bits per heavy atom. The van der Waals surface area contributed by atoms with Crippen LogP contribution in [0.2, 0.25) is 0 Å². The first-order valence-corrected chi connectivity index (χ1v) is 8.50. The van der Waals surface area contributed by atoms with Gasteiger partial charge in [0.2, 0.25) is 5.78 Å². The summed E-state index contributed by atoms with van der Waals surface area (Å²) in [5.74, 6) is -0.379. The lowest BCUT2D eigenvalue weighted by Crippen LogP contribution is -2.17. The van der Waals surface area contributed by atoms with Crippen molar-refractivity contribution >= 4 is 11.8 Å². The van der Waals surface area contributed by atoms with Crippen molar-refractivity contribution in [2.24, 2.45) is 0 Å². The maximum Gasteiger partial charge on any atom is 0.374 e. The molecule has 0 aromatic heterocycles. The molecule has 0 atom stereocenters. The number of esters is 1. The fourth-order valence-corrected chi connectivity index (χ4v) is 2.34. The normalized spacial score (nSPS) is 10.3. The second-order valence-electron chi connectivity index (χ2n) is 6.06. The van der Waals surface area contributed by atoms with Crippen LogP contribution in [-0.4, -0.2) is 18.4 Å². The van der Waals surface area contributed by atoms with Gasteiger partial charge >= 0.3 is 5.97 Å². The Balaban J connectivity index is 1.63. The van der Waals surface area contributed by atoms with Gasteiger partial charge in [-0.05, 0) is 49.4 Å². The minimum absolute atomic E-state index is 0.126. The molecule has 132 valence electrons. The van der Waals surface area contributed by atoms with E-state index in [4.69, 9.17) is 9.47 Å². The molecule has 0 amide bonds. The van der Waals surface area contributed by atoms with Gasteiger partial charge in [-0.25, -0.2) is 4.79 Å². The highest BCUT2D eigenvalue weighted by atomic mass is 16.5. The highest BCUT2D eigenvalue weighted by Crippen LogP contribution is 2.19. The highest BCUT2D eigenvalue weighted by molar-refractivity contribution is 6.33. The summed E-state index contributed by atoms with van der Waals surface area (Å²) >= 11 is 0. The van der Waals surface area contributed by atoms with Crippen molar-refractivity contribution in [3.63, 3.8) is 0 Å². The molecule has 0 saturated heterocycles. The van der Waals surface area contributed by atoms with E-state index in [2.05, 4.69) is 0 Å². The molecule has 0 heterocycles. The van der Waals surface area contributed by atoms with Gasteiger partial charge in [-0.3, -0.25) is 4.79 Å². The summed E-state index contributed by atoms with van der Waals surface area (Å²) in [5.41, 5.74) is 3.11. The fraction of sp³-hybridized carbons (Fsp3) is 0.333.